The third kappa shape index (κ3) is 3.36. The Morgan fingerprint density at radius 1 is 1.45 bits per heavy atom. The Bertz CT molecular complexity index is 638. The SMILES string of the molecule is CCOc1ccc(NC(=O)NC2CCc3[nH]ncc3C2)cn1. The molecular formula is C15H19N5O2. The monoisotopic (exact) mass is 301 g/mol. The van der Waals surface area contributed by atoms with Crippen LogP contribution in [0.2, 0.25) is 0 Å². The van der Waals surface area contributed by atoms with E-state index >= 15 is 0 Å². The molecule has 2 aromatic rings. The minimum Gasteiger partial charge on any atom is -0.478 e. The summed E-state index contributed by atoms with van der Waals surface area (Å²) in [6.45, 7) is 2.47. The lowest BCUT2D eigenvalue weighted by Gasteiger charge is -2.22. The molecule has 2 amide bonds. The number of aromatic nitrogens is 3. The van der Waals surface area contributed by atoms with Gasteiger partial charge >= 0.3 is 6.03 Å². The lowest BCUT2D eigenvalue weighted by molar-refractivity contribution is 0.247. The number of urea groups is 1. The third-order valence-electron chi connectivity index (χ3n) is 3.64. The second kappa shape index (κ2) is 6.46. The molecule has 0 spiro atoms. The summed E-state index contributed by atoms with van der Waals surface area (Å²) in [5.41, 5.74) is 2.99. The number of ether oxygens (including phenoxy) is 1. The summed E-state index contributed by atoms with van der Waals surface area (Å²) in [7, 11) is 0. The van der Waals surface area contributed by atoms with Gasteiger partial charge in [0.05, 0.1) is 24.7 Å². The summed E-state index contributed by atoms with van der Waals surface area (Å²) in [4.78, 5) is 16.2. The molecule has 0 radical (unpaired) electrons. The number of hydrogen-bond acceptors (Lipinski definition) is 4. The highest BCUT2D eigenvalue weighted by Gasteiger charge is 2.21. The molecule has 0 aliphatic heterocycles. The van der Waals surface area contributed by atoms with E-state index < -0.39 is 0 Å². The lowest BCUT2D eigenvalue weighted by atomic mass is 9.94. The van der Waals surface area contributed by atoms with Crippen molar-refractivity contribution in [1.29, 1.82) is 0 Å². The smallest absolute Gasteiger partial charge is 0.319 e. The van der Waals surface area contributed by atoms with Crippen molar-refractivity contribution in [3.63, 3.8) is 0 Å². The van der Waals surface area contributed by atoms with Crippen LogP contribution in [-0.4, -0.2) is 33.9 Å². The van der Waals surface area contributed by atoms with Crippen LogP contribution >= 0.6 is 0 Å². The van der Waals surface area contributed by atoms with Gasteiger partial charge in [-0.3, -0.25) is 5.10 Å². The fourth-order valence-electron chi connectivity index (χ4n) is 2.58. The molecule has 22 heavy (non-hydrogen) atoms. The van der Waals surface area contributed by atoms with Crippen molar-refractivity contribution < 1.29 is 9.53 Å². The number of nitrogens with zero attached hydrogens (tertiary/aromatic N) is 2. The van der Waals surface area contributed by atoms with Crippen LogP contribution in [0.3, 0.4) is 0 Å². The standard InChI is InChI=1S/C15H19N5O2/c1-2-22-14-6-4-12(9-16-14)19-15(21)18-11-3-5-13-10(7-11)8-17-20-13/h4,6,8-9,11H,2-3,5,7H2,1H3,(H,17,20)(H2,18,19,21). The fourth-order valence-corrected chi connectivity index (χ4v) is 2.58. The third-order valence-corrected chi connectivity index (χ3v) is 3.64. The Kier molecular flexibility index (Phi) is 4.22. The van der Waals surface area contributed by atoms with Crippen LogP contribution in [-0.2, 0) is 12.8 Å². The molecule has 0 saturated carbocycles. The predicted molar refractivity (Wildman–Crippen MR) is 82.0 cm³/mol. The number of hydrogen-bond donors (Lipinski definition) is 3. The van der Waals surface area contributed by atoms with E-state index in [1.807, 2.05) is 13.1 Å². The maximum atomic E-state index is 12.0. The van der Waals surface area contributed by atoms with E-state index in [0.717, 1.165) is 19.3 Å². The molecule has 3 N–H and O–H groups in total. The first kappa shape index (κ1) is 14.4. The van der Waals surface area contributed by atoms with Gasteiger partial charge in [-0.25, -0.2) is 9.78 Å². The summed E-state index contributed by atoms with van der Waals surface area (Å²) in [6, 6.07) is 3.41. The highest BCUT2D eigenvalue weighted by molar-refractivity contribution is 5.89. The Labute approximate surface area is 128 Å². The van der Waals surface area contributed by atoms with Gasteiger partial charge < -0.3 is 15.4 Å². The van der Waals surface area contributed by atoms with Gasteiger partial charge in [0, 0.05) is 17.8 Å². The number of aryl methyl sites for hydroxylation is 1. The number of H-pyrrole nitrogens is 1. The number of nitrogens with one attached hydrogen (secondary N) is 3. The van der Waals surface area contributed by atoms with Gasteiger partial charge in [-0.05, 0) is 37.8 Å². The first-order chi connectivity index (χ1) is 10.7. The molecule has 0 bridgehead atoms. The number of carbonyl (C=O) groups is 1. The van der Waals surface area contributed by atoms with Gasteiger partial charge in [0.2, 0.25) is 5.88 Å². The summed E-state index contributed by atoms with van der Waals surface area (Å²) < 4.78 is 5.26. The average molecular weight is 301 g/mol. The number of pyridine rings is 1. The van der Waals surface area contributed by atoms with E-state index in [1.165, 1.54) is 11.3 Å². The minimum absolute atomic E-state index is 0.126. The Morgan fingerprint density at radius 3 is 3.14 bits per heavy atom. The molecule has 1 atom stereocenters. The normalized spacial score (nSPS) is 16.7. The molecule has 0 saturated heterocycles. The molecular weight excluding hydrogens is 282 g/mol. The molecule has 1 unspecified atom stereocenters. The van der Waals surface area contributed by atoms with Crippen LogP contribution < -0.4 is 15.4 Å². The van der Waals surface area contributed by atoms with E-state index in [1.54, 1.807) is 18.3 Å². The van der Waals surface area contributed by atoms with Crippen molar-refractivity contribution in [2.75, 3.05) is 11.9 Å². The topological polar surface area (TPSA) is 91.9 Å². The maximum Gasteiger partial charge on any atom is 0.319 e. The molecule has 0 fully saturated rings. The number of carbonyl (C=O) groups excluding carboxylic acids is 1. The second-order valence-electron chi connectivity index (χ2n) is 5.23. The van der Waals surface area contributed by atoms with Crippen LogP contribution in [0.25, 0.3) is 0 Å². The molecule has 2 aromatic heterocycles. The second-order valence-corrected chi connectivity index (χ2v) is 5.23. The average Bonchev–Trinajstić information content (AvgIpc) is 2.97. The molecule has 0 aromatic carbocycles. The highest BCUT2D eigenvalue weighted by atomic mass is 16.5. The first-order valence-electron chi connectivity index (χ1n) is 7.42. The number of aromatic amines is 1. The Morgan fingerprint density at radius 2 is 2.36 bits per heavy atom. The van der Waals surface area contributed by atoms with Crippen molar-refractivity contribution in [1.82, 2.24) is 20.5 Å². The van der Waals surface area contributed by atoms with Crippen molar-refractivity contribution in [2.45, 2.75) is 32.2 Å². The van der Waals surface area contributed by atoms with E-state index in [4.69, 9.17) is 4.74 Å². The highest BCUT2D eigenvalue weighted by Crippen LogP contribution is 2.19. The van der Waals surface area contributed by atoms with Crippen LogP contribution in [0.4, 0.5) is 10.5 Å². The zero-order valence-corrected chi connectivity index (χ0v) is 12.4. The number of rotatable bonds is 4. The van der Waals surface area contributed by atoms with Gasteiger partial charge in [0.15, 0.2) is 0 Å². The van der Waals surface area contributed by atoms with E-state index in [0.29, 0.717) is 18.2 Å². The quantitative estimate of drug-likeness (QED) is 0.804. The molecule has 3 rings (SSSR count). The zero-order chi connectivity index (χ0) is 15.4. The van der Waals surface area contributed by atoms with Crippen molar-refractivity contribution in [3.8, 4) is 5.88 Å². The van der Waals surface area contributed by atoms with Gasteiger partial charge in [0.1, 0.15) is 0 Å². The van der Waals surface area contributed by atoms with Crippen LogP contribution in [0, 0.1) is 0 Å². The molecule has 7 nitrogen and oxygen atoms in total. The van der Waals surface area contributed by atoms with Crippen molar-refractivity contribution in [3.05, 3.63) is 35.8 Å². The van der Waals surface area contributed by atoms with Gasteiger partial charge in [-0.1, -0.05) is 0 Å². The summed E-state index contributed by atoms with van der Waals surface area (Å²) >= 11 is 0. The molecule has 7 heteroatoms. The Hall–Kier alpha value is -2.57. The van der Waals surface area contributed by atoms with Crippen LogP contribution in [0.1, 0.15) is 24.6 Å². The van der Waals surface area contributed by atoms with E-state index in [9.17, 15) is 4.79 Å². The van der Waals surface area contributed by atoms with Gasteiger partial charge in [-0.15, -0.1) is 0 Å². The van der Waals surface area contributed by atoms with E-state index in [-0.39, 0.29) is 12.1 Å². The Balaban J connectivity index is 1.52. The maximum absolute atomic E-state index is 12.0. The number of fused-ring (bicyclic) bond motifs is 1. The number of amides is 2. The number of anilines is 1. The first-order valence-corrected chi connectivity index (χ1v) is 7.42. The molecule has 2 heterocycles. The molecule has 1 aliphatic rings. The van der Waals surface area contributed by atoms with Crippen molar-refractivity contribution in [2.24, 2.45) is 0 Å². The van der Waals surface area contributed by atoms with E-state index in [2.05, 4.69) is 25.8 Å². The van der Waals surface area contributed by atoms with Crippen LogP contribution in [0.5, 0.6) is 5.88 Å². The zero-order valence-electron chi connectivity index (χ0n) is 12.4. The van der Waals surface area contributed by atoms with Gasteiger partial charge in [0.25, 0.3) is 0 Å². The summed E-state index contributed by atoms with van der Waals surface area (Å²) in [5, 5.41) is 12.8. The summed E-state index contributed by atoms with van der Waals surface area (Å²) in [6.07, 6.45) is 6.03. The van der Waals surface area contributed by atoms with Crippen molar-refractivity contribution >= 4 is 11.7 Å². The van der Waals surface area contributed by atoms with Crippen LogP contribution in [0.15, 0.2) is 24.5 Å². The summed E-state index contributed by atoms with van der Waals surface area (Å²) in [5.74, 6) is 0.549. The minimum atomic E-state index is -0.220. The largest absolute Gasteiger partial charge is 0.478 e. The lowest BCUT2D eigenvalue weighted by Crippen LogP contribution is -2.41. The molecule has 1 aliphatic carbocycles. The van der Waals surface area contributed by atoms with Gasteiger partial charge in [-0.2, -0.15) is 5.10 Å². The molecule has 116 valence electrons. The predicted octanol–water partition coefficient (Wildman–Crippen LogP) is 1.88. The fraction of sp³-hybridized carbons (Fsp3) is 0.400.